The molecule has 0 atom stereocenters. The molecule has 1 heterocycles. The number of nitrogens with zero attached hydrogens (tertiary/aromatic N) is 2. The van der Waals surface area contributed by atoms with Crippen LogP contribution in [0.15, 0.2) is 42.5 Å². The molecular formula is C20H22N2O4. The number of carbonyl (C=O) groups excluding carboxylic acids is 2. The van der Waals surface area contributed by atoms with Gasteiger partial charge in [-0.25, -0.2) is 9.78 Å². The molecule has 1 amide bonds. The van der Waals surface area contributed by atoms with Gasteiger partial charge in [0.1, 0.15) is 17.1 Å². The molecule has 0 saturated carbocycles. The summed E-state index contributed by atoms with van der Waals surface area (Å²) in [6.45, 7) is 4.79. The number of rotatable bonds is 6. The number of hydrogen-bond acceptors (Lipinski definition) is 5. The third-order valence-electron chi connectivity index (χ3n) is 3.88. The lowest BCUT2D eigenvalue weighted by atomic mass is 10.1. The largest absolute Gasteiger partial charge is 0.507 e. The van der Waals surface area contributed by atoms with Crippen LogP contribution in [0.1, 0.15) is 46.0 Å². The molecule has 0 radical (unpaired) electrons. The van der Waals surface area contributed by atoms with Gasteiger partial charge >= 0.3 is 5.97 Å². The third-order valence-corrected chi connectivity index (χ3v) is 3.88. The van der Waals surface area contributed by atoms with E-state index in [0.29, 0.717) is 24.2 Å². The molecule has 136 valence electrons. The standard InChI is InChI=1S/C20H22N2O4/c1-4-22(5-2)19(24)16-11-14(12-17(21-16)20(25)26-3)13-18(23)15-9-7-6-8-10-15/h6-13,23H,4-5H2,1-3H3. The number of aromatic nitrogens is 1. The molecule has 1 N–H and O–H groups in total. The minimum Gasteiger partial charge on any atom is -0.507 e. The number of aliphatic hydroxyl groups is 1. The van der Waals surface area contributed by atoms with Gasteiger partial charge in [-0.3, -0.25) is 4.79 Å². The van der Waals surface area contributed by atoms with Crippen molar-refractivity contribution < 1.29 is 19.4 Å². The Morgan fingerprint density at radius 3 is 2.31 bits per heavy atom. The summed E-state index contributed by atoms with van der Waals surface area (Å²) in [5.41, 5.74) is 1.25. The average Bonchev–Trinajstić information content (AvgIpc) is 2.68. The lowest BCUT2D eigenvalue weighted by molar-refractivity contribution is 0.0593. The van der Waals surface area contributed by atoms with Crippen LogP contribution in [0.25, 0.3) is 11.8 Å². The summed E-state index contributed by atoms with van der Waals surface area (Å²) in [6.07, 6.45) is 1.49. The van der Waals surface area contributed by atoms with Crippen molar-refractivity contribution in [2.45, 2.75) is 13.8 Å². The zero-order valence-electron chi connectivity index (χ0n) is 15.1. The van der Waals surface area contributed by atoms with E-state index < -0.39 is 5.97 Å². The van der Waals surface area contributed by atoms with E-state index in [4.69, 9.17) is 4.74 Å². The first-order chi connectivity index (χ1) is 12.5. The summed E-state index contributed by atoms with van der Waals surface area (Å²) in [6, 6.07) is 12.0. The Labute approximate surface area is 152 Å². The van der Waals surface area contributed by atoms with Crippen LogP contribution in [-0.2, 0) is 4.74 Å². The van der Waals surface area contributed by atoms with E-state index in [9.17, 15) is 14.7 Å². The molecule has 2 aromatic rings. The highest BCUT2D eigenvalue weighted by molar-refractivity contribution is 5.96. The lowest BCUT2D eigenvalue weighted by Crippen LogP contribution is -2.31. The van der Waals surface area contributed by atoms with E-state index in [2.05, 4.69) is 4.98 Å². The normalized spacial score (nSPS) is 11.1. The molecule has 2 rings (SSSR count). The smallest absolute Gasteiger partial charge is 0.356 e. The van der Waals surface area contributed by atoms with Crippen molar-refractivity contribution in [3.63, 3.8) is 0 Å². The summed E-state index contributed by atoms with van der Waals surface area (Å²) in [5, 5.41) is 10.3. The van der Waals surface area contributed by atoms with Gasteiger partial charge in [-0.15, -0.1) is 0 Å². The first-order valence-corrected chi connectivity index (χ1v) is 8.35. The molecule has 0 saturated heterocycles. The van der Waals surface area contributed by atoms with Crippen molar-refractivity contribution in [2.75, 3.05) is 20.2 Å². The zero-order valence-corrected chi connectivity index (χ0v) is 15.1. The number of hydrogen-bond donors (Lipinski definition) is 1. The minimum absolute atomic E-state index is 0.0117. The van der Waals surface area contributed by atoms with E-state index in [1.165, 1.54) is 19.3 Å². The van der Waals surface area contributed by atoms with E-state index in [1.54, 1.807) is 35.2 Å². The topological polar surface area (TPSA) is 79.7 Å². The highest BCUT2D eigenvalue weighted by atomic mass is 16.5. The summed E-state index contributed by atoms with van der Waals surface area (Å²) in [5.74, 6) is -0.906. The molecule has 1 aromatic carbocycles. The van der Waals surface area contributed by atoms with Crippen LogP contribution in [0.2, 0.25) is 0 Å². The van der Waals surface area contributed by atoms with E-state index in [1.807, 2.05) is 19.9 Å². The van der Waals surface area contributed by atoms with Gasteiger partial charge < -0.3 is 14.7 Å². The van der Waals surface area contributed by atoms with Crippen molar-refractivity contribution in [2.24, 2.45) is 0 Å². The summed E-state index contributed by atoms with van der Waals surface area (Å²) >= 11 is 0. The van der Waals surface area contributed by atoms with Crippen LogP contribution in [0.3, 0.4) is 0 Å². The van der Waals surface area contributed by atoms with Crippen LogP contribution in [0, 0.1) is 0 Å². The van der Waals surface area contributed by atoms with Crippen LogP contribution in [0.4, 0.5) is 0 Å². The molecule has 0 aliphatic rings. The fourth-order valence-corrected chi connectivity index (χ4v) is 2.48. The number of benzene rings is 1. The highest BCUT2D eigenvalue weighted by Gasteiger charge is 2.18. The van der Waals surface area contributed by atoms with E-state index in [-0.39, 0.29) is 23.1 Å². The third kappa shape index (κ3) is 4.47. The molecule has 1 aromatic heterocycles. The molecule has 0 aliphatic heterocycles. The quantitative estimate of drug-likeness (QED) is 0.635. The molecule has 6 heteroatoms. The second-order valence-corrected chi connectivity index (χ2v) is 5.54. The van der Waals surface area contributed by atoms with E-state index in [0.717, 1.165) is 0 Å². The van der Waals surface area contributed by atoms with Crippen molar-refractivity contribution in [3.05, 3.63) is 65.0 Å². The molecule has 0 unspecified atom stereocenters. The number of aliphatic hydroxyl groups excluding tert-OH is 1. The lowest BCUT2D eigenvalue weighted by Gasteiger charge is -2.18. The van der Waals surface area contributed by atoms with Crippen molar-refractivity contribution >= 4 is 23.7 Å². The first kappa shape index (κ1) is 19.2. The van der Waals surface area contributed by atoms with Crippen LogP contribution >= 0.6 is 0 Å². The maximum absolute atomic E-state index is 12.6. The summed E-state index contributed by atoms with van der Waals surface area (Å²) < 4.78 is 4.72. The number of methoxy groups -OCH3 is 1. The zero-order chi connectivity index (χ0) is 19.1. The molecule has 0 spiro atoms. The molecule has 0 aliphatic carbocycles. The Kier molecular flexibility index (Phi) is 6.49. The number of amides is 1. The second-order valence-electron chi connectivity index (χ2n) is 5.54. The Balaban J connectivity index is 2.50. The van der Waals surface area contributed by atoms with Gasteiger partial charge in [0.15, 0.2) is 0 Å². The molecule has 26 heavy (non-hydrogen) atoms. The highest BCUT2D eigenvalue weighted by Crippen LogP contribution is 2.18. The Hall–Kier alpha value is -3.15. The maximum Gasteiger partial charge on any atom is 0.356 e. The van der Waals surface area contributed by atoms with Crippen LogP contribution < -0.4 is 0 Å². The fraction of sp³-hybridized carbons (Fsp3) is 0.250. The molecule has 6 nitrogen and oxygen atoms in total. The van der Waals surface area contributed by atoms with Crippen LogP contribution in [0.5, 0.6) is 0 Å². The summed E-state index contributed by atoms with van der Waals surface area (Å²) in [4.78, 5) is 30.2. The fourth-order valence-electron chi connectivity index (χ4n) is 2.48. The monoisotopic (exact) mass is 354 g/mol. The molecule has 0 fully saturated rings. The van der Waals surface area contributed by atoms with Crippen molar-refractivity contribution in [3.8, 4) is 0 Å². The molecule has 0 bridgehead atoms. The van der Waals surface area contributed by atoms with E-state index >= 15 is 0 Å². The number of esters is 1. The first-order valence-electron chi connectivity index (χ1n) is 8.35. The van der Waals surface area contributed by atoms with Crippen LogP contribution in [-0.4, -0.2) is 47.1 Å². The Morgan fingerprint density at radius 1 is 1.12 bits per heavy atom. The predicted molar refractivity (Wildman–Crippen MR) is 99.8 cm³/mol. The van der Waals surface area contributed by atoms with Gasteiger partial charge in [0.2, 0.25) is 0 Å². The predicted octanol–water partition coefficient (Wildman–Crippen LogP) is 3.41. The SMILES string of the molecule is CCN(CC)C(=O)c1cc(C=C(O)c2ccccc2)cc(C(=O)OC)n1. The minimum atomic E-state index is -0.645. The second kappa shape index (κ2) is 8.80. The average molecular weight is 354 g/mol. The van der Waals surface area contributed by atoms with Crippen molar-refractivity contribution in [1.82, 2.24) is 9.88 Å². The maximum atomic E-state index is 12.6. The van der Waals surface area contributed by atoms with Gasteiger partial charge in [0, 0.05) is 18.7 Å². The van der Waals surface area contributed by atoms with Gasteiger partial charge in [-0.1, -0.05) is 30.3 Å². The van der Waals surface area contributed by atoms with Gasteiger partial charge in [-0.2, -0.15) is 0 Å². The van der Waals surface area contributed by atoms with Gasteiger partial charge in [0.05, 0.1) is 7.11 Å². The number of carbonyl (C=O) groups is 2. The Bertz CT molecular complexity index is 812. The molecular weight excluding hydrogens is 332 g/mol. The van der Waals surface area contributed by atoms with Crippen molar-refractivity contribution in [1.29, 1.82) is 0 Å². The van der Waals surface area contributed by atoms with Gasteiger partial charge in [-0.05, 0) is 37.6 Å². The summed E-state index contributed by atoms with van der Waals surface area (Å²) in [7, 11) is 1.25. The number of ether oxygens (including phenoxy) is 1. The van der Waals surface area contributed by atoms with Gasteiger partial charge in [0.25, 0.3) is 5.91 Å². The number of pyridine rings is 1. The Morgan fingerprint density at radius 2 is 1.73 bits per heavy atom.